The lowest BCUT2D eigenvalue weighted by Gasteiger charge is -2.05. The summed E-state index contributed by atoms with van der Waals surface area (Å²) in [6, 6.07) is 1.36. The Bertz CT molecular complexity index is 239. The van der Waals surface area contributed by atoms with Gasteiger partial charge in [-0.1, -0.05) is 38.5 Å². The molecule has 16 heavy (non-hydrogen) atoms. The molecule has 0 unspecified atom stereocenters. The molecule has 0 atom stereocenters. The van der Waals surface area contributed by atoms with Crippen LogP contribution in [0.5, 0.6) is 5.88 Å². The predicted molar refractivity (Wildman–Crippen MR) is 59.2 cm³/mol. The summed E-state index contributed by atoms with van der Waals surface area (Å²) in [5.41, 5.74) is 0. The quantitative estimate of drug-likeness (QED) is 0.714. The summed E-state index contributed by atoms with van der Waals surface area (Å²) in [6.07, 6.45) is 10.3. The summed E-state index contributed by atoms with van der Waals surface area (Å²) in [5, 5.41) is 18.8. The lowest BCUT2D eigenvalue weighted by Crippen LogP contribution is -1.85. The van der Waals surface area contributed by atoms with Gasteiger partial charge in [0, 0.05) is 13.0 Å². The Hall–Kier alpha value is -1.52. The molecule has 2 rings (SSSR count). The van der Waals surface area contributed by atoms with Crippen molar-refractivity contribution < 1.29 is 19.5 Å². The van der Waals surface area contributed by atoms with E-state index in [2.05, 4.69) is 9.68 Å². The highest BCUT2D eigenvalue weighted by Gasteiger charge is 1.95. The minimum absolute atomic E-state index is 0.0741. The van der Waals surface area contributed by atoms with Crippen LogP contribution in [0.2, 0.25) is 0 Å². The van der Waals surface area contributed by atoms with Crippen LogP contribution in [0, 0.1) is 0 Å². The standard InChI is InChI=1S/C6H12.C3H3NO2.C2H4O2/c1-2-4-6-5-3-1;5-3-1-2-6-4-3;1-2(3)4/h1-6H2;1-2H,(H,4,5);1H3,(H,3,4). The van der Waals surface area contributed by atoms with Crippen LogP contribution in [-0.4, -0.2) is 21.3 Å². The van der Waals surface area contributed by atoms with E-state index in [4.69, 9.17) is 15.0 Å². The first-order valence-electron chi connectivity index (χ1n) is 5.42. The van der Waals surface area contributed by atoms with Crippen LogP contribution in [-0.2, 0) is 4.79 Å². The minimum atomic E-state index is -0.833. The van der Waals surface area contributed by atoms with Crippen LogP contribution in [0.25, 0.3) is 0 Å². The van der Waals surface area contributed by atoms with Crippen molar-refractivity contribution in [1.82, 2.24) is 5.16 Å². The molecule has 0 aliphatic heterocycles. The number of rotatable bonds is 0. The third-order valence-electron chi connectivity index (χ3n) is 1.92. The number of carboxylic acids is 1. The van der Waals surface area contributed by atoms with E-state index in [1.807, 2.05) is 0 Å². The van der Waals surface area contributed by atoms with Gasteiger partial charge in [0.1, 0.15) is 6.26 Å². The number of aromatic hydroxyl groups is 1. The summed E-state index contributed by atoms with van der Waals surface area (Å²) in [4.78, 5) is 9.00. The highest BCUT2D eigenvalue weighted by Crippen LogP contribution is 2.15. The number of carboxylic acid groups (broad SMARTS) is 1. The van der Waals surface area contributed by atoms with Gasteiger partial charge in [-0.3, -0.25) is 4.79 Å². The fourth-order valence-corrected chi connectivity index (χ4v) is 1.27. The van der Waals surface area contributed by atoms with Crippen LogP contribution in [0.1, 0.15) is 45.4 Å². The van der Waals surface area contributed by atoms with Gasteiger partial charge in [0.2, 0.25) is 0 Å². The number of hydrogen-bond acceptors (Lipinski definition) is 4. The van der Waals surface area contributed by atoms with Gasteiger partial charge in [-0.15, -0.1) is 0 Å². The van der Waals surface area contributed by atoms with Crippen molar-refractivity contribution in [1.29, 1.82) is 0 Å². The van der Waals surface area contributed by atoms with Gasteiger partial charge in [-0.05, 0) is 5.16 Å². The Morgan fingerprint density at radius 2 is 1.62 bits per heavy atom. The summed E-state index contributed by atoms with van der Waals surface area (Å²) < 4.78 is 4.21. The van der Waals surface area contributed by atoms with Gasteiger partial charge >= 0.3 is 0 Å². The van der Waals surface area contributed by atoms with Gasteiger partial charge in [0.25, 0.3) is 11.8 Å². The molecule has 0 aromatic carbocycles. The Labute approximate surface area is 95.1 Å². The zero-order valence-corrected chi connectivity index (χ0v) is 9.56. The van der Waals surface area contributed by atoms with Crippen LogP contribution in [0.4, 0.5) is 0 Å². The average Bonchev–Trinajstić information content (AvgIpc) is 2.72. The lowest BCUT2D eigenvalue weighted by molar-refractivity contribution is -0.134. The van der Waals surface area contributed by atoms with Crippen LogP contribution < -0.4 is 0 Å². The largest absolute Gasteiger partial charge is 0.491 e. The van der Waals surface area contributed by atoms with E-state index in [-0.39, 0.29) is 5.88 Å². The molecule has 0 amide bonds. The Morgan fingerprint density at radius 1 is 1.25 bits per heavy atom. The van der Waals surface area contributed by atoms with E-state index in [1.165, 1.54) is 50.9 Å². The van der Waals surface area contributed by atoms with E-state index < -0.39 is 5.97 Å². The smallest absolute Gasteiger partial charge is 0.300 e. The van der Waals surface area contributed by atoms with Crippen molar-refractivity contribution in [3.63, 3.8) is 0 Å². The highest BCUT2D eigenvalue weighted by molar-refractivity contribution is 5.62. The van der Waals surface area contributed by atoms with Crippen molar-refractivity contribution in [3.05, 3.63) is 12.3 Å². The van der Waals surface area contributed by atoms with Crippen LogP contribution in [0.3, 0.4) is 0 Å². The normalized spacial score (nSPS) is 13.8. The molecule has 1 fully saturated rings. The molecular weight excluding hydrogens is 210 g/mol. The fraction of sp³-hybridized carbons (Fsp3) is 0.636. The molecule has 2 N–H and O–H groups in total. The lowest BCUT2D eigenvalue weighted by atomic mass is 10.0. The molecule has 1 aliphatic carbocycles. The van der Waals surface area contributed by atoms with Crippen molar-refractivity contribution in [2.24, 2.45) is 0 Å². The summed E-state index contributed by atoms with van der Waals surface area (Å²) >= 11 is 0. The van der Waals surface area contributed by atoms with Gasteiger partial charge in [-0.25, -0.2) is 0 Å². The second-order valence-electron chi connectivity index (χ2n) is 3.50. The third kappa shape index (κ3) is 12.5. The Morgan fingerprint density at radius 3 is 1.75 bits per heavy atom. The summed E-state index contributed by atoms with van der Waals surface area (Å²) in [6.45, 7) is 1.08. The maximum atomic E-state index is 9.00. The van der Waals surface area contributed by atoms with E-state index in [0.29, 0.717) is 0 Å². The average molecular weight is 229 g/mol. The van der Waals surface area contributed by atoms with Crippen molar-refractivity contribution >= 4 is 5.97 Å². The van der Waals surface area contributed by atoms with Gasteiger partial charge < -0.3 is 14.7 Å². The van der Waals surface area contributed by atoms with Crippen molar-refractivity contribution in [3.8, 4) is 5.88 Å². The molecule has 0 bridgehead atoms. The molecule has 5 nitrogen and oxygen atoms in total. The maximum absolute atomic E-state index is 9.00. The highest BCUT2D eigenvalue weighted by atomic mass is 16.5. The minimum Gasteiger partial charge on any atom is -0.491 e. The monoisotopic (exact) mass is 229 g/mol. The number of aliphatic carboxylic acids is 1. The Balaban J connectivity index is 0.000000217. The molecule has 1 saturated carbocycles. The van der Waals surface area contributed by atoms with Crippen LogP contribution in [0.15, 0.2) is 16.9 Å². The van der Waals surface area contributed by atoms with Gasteiger partial charge in [0.15, 0.2) is 0 Å². The molecule has 5 heteroatoms. The Kier molecular flexibility index (Phi) is 9.06. The molecule has 1 heterocycles. The number of hydrogen-bond donors (Lipinski definition) is 2. The fourth-order valence-electron chi connectivity index (χ4n) is 1.27. The van der Waals surface area contributed by atoms with E-state index in [9.17, 15) is 0 Å². The first-order valence-corrected chi connectivity index (χ1v) is 5.42. The number of carbonyl (C=O) groups is 1. The molecule has 0 saturated heterocycles. The van der Waals surface area contributed by atoms with Crippen molar-refractivity contribution in [2.75, 3.05) is 0 Å². The van der Waals surface area contributed by atoms with Gasteiger partial charge in [-0.2, -0.15) is 0 Å². The third-order valence-corrected chi connectivity index (χ3v) is 1.92. The number of aromatic nitrogens is 1. The molecule has 1 aromatic heterocycles. The maximum Gasteiger partial charge on any atom is 0.300 e. The molecule has 1 aromatic rings. The predicted octanol–water partition coefficient (Wildman–Crippen LogP) is 2.81. The van der Waals surface area contributed by atoms with Crippen molar-refractivity contribution in [2.45, 2.75) is 45.4 Å². The molecule has 0 spiro atoms. The molecule has 1 aliphatic rings. The zero-order valence-electron chi connectivity index (χ0n) is 9.56. The topological polar surface area (TPSA) is 83.6 Å². The first kappa shape index (κ1) is 14.5. The summed E-state index contributed by atoms with van der Waals surface area (Å²) in [5.74, 6) is -0.907. The molecule has 92 valence electrons. The van der Waals surface area contributed by atoms with E-state index >= 15 is 0 Å². The van der Waals surface area contributed by atoms with Crippen LogP contribution >= 0.6 is 0 Å². The first-order chi connectivity index (χ1) is 7.63. The number of nitrogens with zero attached hydrogens (tertiary/aromatic N) is 1. The SMILES string of the molecule is C1CCCCC1.CC(=O)O.Oc1ccon1. The van der Waals surface area contributed by atoms with E-state index in [0.717, 1.165) is 6.92 Å². The second kappa shape index (κ2) is 10.0. The van der Waals surface area contributed by atoms with E-state index in [1.54, 1.807) is 0 Å². The molecule has 0 radical (unpaired) electrons. The summed E-state index contributed by atoms with van der Waals surface area (Å²) in [7, 11) is 0. The zero-order chi connectivity index (χ0) is 12.2. The molecular formula is C11H19NO4. The van der Waals surface area contributed by atoms with Gasteiger partial charge in [0.05, 0.1) is 0 Å². The second-order valence-corrected chi connectivity index (χ2v) is 3.50.